The van der Waals surface area contributed by atoms with Gasteiger partial charge in [0.15, 0.2) is 6.61 Å². The fourth-order valence-electron chi connectivity index (χ4n) is 4.76. The number of methoxy groups -OCH3 is 1. The highest BCUT2D eigenvalue weighted by Crippen LogP contribution is 2.25. The SMILES string of the molecule is CCOC(=O)CCCCC(/C=C/c1ccccc1OCc1noc(-c2ccc(OC)cc2)n1)Cc1ccc(C(=O)OCC)cc1. The van der Waals surface area contributed by atoms with E-state index in [1.54, 1.807) is 26.2 Å². The number of hydrogen-bond donors (Lipinski definition) is 0. The van der Waals surface area contributed by atoms with Gasteiger partial charge in [0.1, 0.15) is 11.5 Å². The maximum Gasteiger partial charge on any atom is 0.338 e. The Balaban J connectivity index is 1.42. The molecule has 0 spiro atoms. The van der Waals surface area contributed by atoms with E-state index in [1.165, 1.54) is 0 Å². The summed E-state index contributed by atoms with van der Waals surface area (Å²) in [6.45, 7) is 4.48. The van der Waals surface area contributed by atoms with E-state index in [-0.39, 0.29) is 24.5 Å². The highest BCUT2D eigenvalue weighted by atomic mass is 16.5. The van der Waals surface area contributed by atoms with Crippen LogP contribution in [0.4, 0.5) is 0 Å². The van der Waals surface area contributed by atoms with Crippen molar-refractivity contribution in [1.29, 1.82) is 0 Å². The van der Waals surface area contributed by atoms with Gasteiger partial charge in [-0.1, -0.05) is 54.1 Å². The molecule has 0 saturated heterocycles. The molecule has 0 bridgehead atoms. The van der Waals surface area contributed by atoms with Crippen molar-refractivity contribution >= 4 is 18.0 Å². The molecule has 1 aromatic heterocycles. The zero-order valence-corrected chi connectivity index (χ0v) is 26.1. The Hall–Kier alpha value is -4.92. The standard InChI is InChI=1S/C36H40N2O7/c1-4-42-34(39)13-9-6-10-26(24-27-15-18-30(19-16-27)36(40)43-5-2)14-17-28-11-7-8-12-32(28)44-25-33-37-35(45-38-33)29-20-22-31(41-3)23-21-29/h7-8,11-12,14-23,26H,4-6,9-10,13,24-25H2,1-3H3/b17-14+. The molecule has 9 nitrogen and oxygen atoms in total. The number of ether oxygens (including phenoxy) is 4. The number of benzene rings is 3. The van der Waals surface area contributed by atoms with Crippen LogP contribution in [0.3, 0.4) is 0 Å². The molecule has 1 heterocycles. The van der Waals surface area contributed by atoms with Gasteiger partial charge < -0.3 is 23.5 Å². The second kappa shape index (κ2) is 17.4. The summed E-state index contributed by atoms with van der Waals surface area (Å²) in [5.74, 6) is 1.99. The molecule has 4 rings (SSSR count). The Kier molecular flexibility index (Phi) is 12.7. The number of hydrogen-bond acceptors (Lipinski definition) is 9. The van der Waals surface area contributed by atoms with Gasteiger partial charge in [-0.3, -0.25) is 4.79 Å². The number of carbonyl (C=O) groups is 2. The summed E-state index contributed by atoms with van der Waals surface area (Å²) in [4.78, 5) is 28.4. The number of allylic oxidation sites excluding steroid dienone is 1. The number of rotatable bonds is 17. The van der Waals surface area contributed by atoms with Crippen LogP contribution in [0.2, 0.25) is 0 Å². The zero-order valence-electron chi connectivity index (χ0n) is 26.1. The third-order valence-corrected chi connectivity index (χ3v) is 7.10. The van der Waals surface area contributed by atoms with Crippen LogP contribution in [0.15, 0.2) is 83.4 Å². The monoisotopic (exact) mass is 612 g/mol. The predicted octanol–water partition coefficient (Wildman–Crippen LogP) is 7.50. The van der Waals surface area contributed by atoms with Crippen LogP contribution >= 0.6 is 0 Å². The van der Waals surface area contributed by atoms with E-state index >= 15 is 0 Å². The van der Waals surface area contributed by atoms with Crippen molar-refractivity contribution in [1.82, 2.24) is 10.1 Å². The van der Waals surface area contributed by atoms with E-state index < -0.39 is 0 Å². The lowest BCUT2D eigenvalue weighted by molar-refractivity contribution is -0.143. The zero-order chi connectivity index (χ0) is 31.9. The molecule has 3 aromatic carbocycles. The molecule has 0 aliphatic heterocycles. The number of carbonyl (C=O) groups excluding carboxylic acids is 2. The topological polar surface area (TPSA) is 110 Å². The van der Waals surface area contributed by atoms with Crippen molar-refractivity contribution < 1.29 is 33.1 Å². The Labute approximate surface area is 264 Å². The first kappa shape index (κ1) is 33.0. The number of nitrogens with zero attached hydrogens (tertiary/aromatic N) is 2. The molecule has 0 radical (unpaired) electrons. The van der Waals surface area contributed by atoms with E-state index in [0.29, 0.717) is 42.7 Å². The van der Waals surface area contributed by atoms with E-state index in [9.17, 15) is 9.59 Å². The summed E-state index contributed by atoms with van der Waals surface area (Å²) in [7, 11) is 1.62. The summed E-state index contributed by atoms with van der Waals surface area (Å²) < 4.78 is 26.9. The van der Waals surface area contributed by atoms with Crippen molar-refractivity contribution in [3.05, 3.63) is 101 Å². The van der Waals surface area contributed by atoms with Crippen LogP contribution in [-0.4, -0.2) is 42.4 Å². The van der Waals surface area contributed by atoms with Crippen LogP contribution in [0, 0.1) is 5.92 Å². The Morgan fingerprint density at radius 3 is 2.40 bits per heavy atom. The summed E-state index contributed by atoms with van der Waals surface area (Å²) in [6.07, 6.45) is 7.95. The summed E-state index contributed by atoms with van der Waals surface area (Å²) in [5.41, 5.74) is 3.36. The molecule has 0 aliphatic rings. The maximum atomic E-state index is 12.1. The highest BCUT2D eigenvalue weighted by Gasteiger charge is 2.13. The average molecular weight is 613 g/mol. The van der Waals surface area contributed by atoms with E-state index in [0.717, 1.165) is 48.1 Å². The van der Waals surface area contributed by atoms with Gasteiger partial charge in [-0.05, 0) is 87.1 Å². The molecule has 0 amide bonds. The average Bonchev–Trinajstić information content (AvgIpc) is 3.54. The molecule has 1 atom stereocenters. The maximum absolute atomic E-state index is 12.1. The first-order valence-electron chi connectivity index (χ1n) is 15.3. The highest BCUT2D eigenvalue weighted by molar-refractivity contribution is 5.89. The molecule has 0 fully saturated rings. The van der Waals surface area contributed by atoms with E-state index in [4.69, 9.17) is 23.5 Å². The summed E-state index contributed by atoms with van der Waals surface area (Å²) in [6, 6.07) is 22.7. The van der Waals surface area contributed by atoms with Crippen LogP contribution in [0.5, 0.6) is 11.5 Å². The van der Waals surface area contributed by atoms with Gasteiger partial charge in [0.25, 0.3) is 5.89 Å². The van der Waals surface area contributed by atoms with Crippen molar-refractivity contribution in [2.75, 3.05) is 20.3 Å². The molecule has 1 unspecified atom stereocenters. The number of unbranched alkanes of at least 4 members (excludes halogenated alkanes) is 1. The fourth-order valence-corrected chi connectivity index (χ4v) is 4.76. The molecular weight excluding hydrogens is 572 g/mol. The van der Waals surface area contributed by atoms with E-state index in [2.05, 4.69) is 22.3 Å². The van der Waals surface area contributed by atoms with Crippen LogP contribution in [0.25, 0.3) is 17.5 Å². The normalized spacial score (nSPS) is 11.7. The van der Waals surface area contributed by atoms with Gasteiger partial charge in [0.05, 0.1) is 25.9 Å². The third-order valence-electron chi connectivity index (χ3n) is 7.10. The van der Waals surface area contributed by atoms with Crippen molar-refractivity contribution in [2.45, 2.75) is 52.6 Å². The van der Waals surface area contributed by atoms with Crippen LogP contribution in [0.1, 0.15) is 66.8 Å². The molecule has 4 aromatic rings. The largest absolute Gasteiger partial charge is 0.497 e. The number of aromatic nitrogens is 2. The van der Waals surface area contributed by atoms with Crippen molar-refractivity contribution in [2.24, 2.45) is 5.92 Å². The van der Waals surface area contributed by atoms with Crippen molar-refractivity contribution in [3.63, 3.8) is 0 Å². The number of esters is 2. The number of para-hydroxylation sites is 1. The van der Waals surface area contributed by atoms with Crippen LogP contribution in [-0.2, 0) is 27.3 Å². The molecular formula is C36H40N2O7. The summed E-state index contributed by atoms with van der Waals surface area (Å²) >= 11 is 0. The molecule has 9 heteroatoms. The molecule has 0 saturated carbocycles. The van der Waals surface area contributed by atoms with E-state index in [1.807, 2.05) is 67.6 Å². The lowest BCUT2D eigenvalue weighted by Gasteiger charge is -2.14. The fraction of sp³-hybridized carbons (Fsp3) is 0.333. The lowest BCUT2D eigenvalue weighted by atomic mass is 9.92. The first-order valence-corrected chi connectivity index (χ1v) is 15.3. The molecule has 0 N–H and O–H groups in total. The molecule has 45 heavy (non-hydrogen) atoms. The predicted molar refractivity (Wildman–Crippen MR) is 171 cm³/mol. The Morgan fingerprint density at radius 2 is 1.67 bits per heavy atom. The first-order chi connectivity index (χ1) is 22.0. The van der Waals surface area contributed by atoms with Gasteiger partial charge in [0.2, 0.25) is 5.82 Å². The smallest absolute Gasteiger partial charge is 0.338 e. The third kappa shape index (κ3) is 10.3. The van der Waals surface area contributed by atoms with Gasteiger partial charge in [-0.2, -0.15) is 4.98 Å². The Morgan fingerprint density at radius 1 is 0.911 bits per heavy atom. The minimum Gasteiger partial charge on any atom is -0.497 e. The van der Waals surface area contributed by atoms with Gasteiger partial charge in [-0.15, -0.1) is 0 Å². The second-order valence-electron chi connectivity index (χ2n) is 10.4. The molecule has 0 aliphatic carbocycles. The van der Waals surface area contributed by atoms with Crippen molar-refractivity contribution in [3.8, 4) is 23.0 Å². The minimum atomic E-state index is -0.325. The minimum absolute atomic E-state index is 0.147. The second-order valence-corrected chi connectivity index (χ2v) is 10.4. The quantitative estimate of drug-likeness (QED) is 0.0884. The summed E-state index contributed by atoms with van der Waals surface area (Å²) in [5, 5.41) is 4.07. The Bertz CT molecular complexity index is 1530. The van der Waals surface area contributed by atoms with Gasteiger partial charge in [-0.25, -0.2) is 4.79 Å². The molecule has 236 valence electrons. The van der Waals surface area contributed by atoms with Crippen LogP contribution < -0.4 is 9.47 Å². The van der Waals surface area contributed by atoms with Gasteiger partial charge >= 0.3 is 11.9 Å². The van der Waals surface area contributed by atoms with Gasteiger partial charge in [0, 0.05) is 17.5 Å². The lowest BCUT2D eigenvalue weighted by Crippen LogP contribution is -2.06.